The molecule has 1 aromatic carbocycles. The highest BCUT2D eigenvalue weighted by Gasteiger charge is 2.27. The highest BCUT2D eigenvalue weighted by Crippen LogP contribution is 2.17. The number of piperidine rings is 1. The number of likely N-dealkylation sites (tertiary alicyclic amines) is 1. The third-order valence-electron chi connectivity index (χ3n) is 3.24. The van der Waals surface area contributed by atoms with Gasteiger partial charge in [-0.2, -0.15) is 0 Å². The van der Waals surface area contributed by atoms with Crippen molar-refractivity contribution in [2.45, 2.75) is 12.8 Å². The van der Waals surface area contributed by atoms with Gasteiger partial charge in [-0.1, -0.05) is 5.92 Å². The minimum absolute atomic E-state index is 0.201. The minimum atomic E-state index is -1.01. The molecule has 4 nitrogen and oxygen atoms in total. The van der Waals surface area contributed by atoms with Crippen LogP contribution in [0.4, 0.5) is 9.18 Å². The van der Waals surface area contributed by atoms with Crippen LogP contribution < -0.4 is 0 Å². The molecule has 1 heterocycles. The van der Waals surface area contributed by atoms with Crippen LogP contribution in [0.2, 0.25) is 0 Å². The van der Waals surface area contributed by atoms with Crippen LogP contribution in [0, 0.1) is 23.6 Å². The predicted octanol–water partition coefficient (Wildman–Crippen LogP) is 2.14. The molecule has 2 rings (SSSR count). The summed E-state index contributed by atoms with van der Waals surface area (Å²) in [5.41, 5.74) is 0.561. The zero-order valence-corrected chi connectivity index (χ0v) is 10.8. The Hall–Kier alpha value is -2.35. The Bertz CT molecular complexity index is 571. The number of rotatable bonds is 1. The second-order valence-electron chi connectivity index (χ2n) is 4.69. The largest absolute Gasteiger partial charge is 0.465 e. The molecule has 1 unspecified atom stereocenters. The molecule has 1 fully saturated rings. The van der Waals surface area contributed by atoms with Crippen molar-refractivity contribution in [2.75, 3.05) is 13.1 Å². The first-order valence-electron chi connectivity index (χ1n) is 6.35. The topological polar surface area (TPSA) is 57.6 Å². The number of halogens is 1. The Kier molecular flexibility index (Phi) is 4.36. The van der Waals surface area contributed by atoms with Gasteiger partial charge in [0.25, 0.3) is 0 Å². The van der Waals surface area contributed by atoms with Crippen molar-refractivity contribution in [1.82, 2.24) is 4.90 Å². The van der Waals surface area contributed by atoms with E-state index in [1.165, 1.54) is 29.2 Å². The molecule has 104 valence electrons. The number of benzene rings is 1. The van der Waals surface area contributed by atoms with Crippen molar-refractivity contribution in [3.8, 4) is 11.8 Å². The first-order chi connectivity index (χ1) is 9.56. The van der Waals surface area contributed by atoms with E-state index in [-0.39, 0.29) is 24.1 Å². The molecular formula is C15H14FNO3. The molecule has 1 N–H and O–H groups in total. The van der Waals surface area contributed by atoms with E-state index in [2.05, 4.69) is 11.8 Å². The fraction of sp³-hybridized carbons (Fsp3) is 0.333. The first-order valence-corrected chi connectivity index (χ1v) is 6.35. The van der Waals surface area contributed by atoms with Gasteiger partial charge in [-0.05, 0) is 43.0 Å². The molecule has 1 saturated heterocycles. The number of amides is 1. The summed E-state index contributed by atoms with van der Waals surface area (Å²) in [6.45, 7) is 0.663. The molecule has 0 aromatic heterocycles. The molecule has 0 saturated carbocycles. The second kappa shape index (κ2) is 6.20. The van der Waals surface area contributed by atoms with Gasteiger partial charge in [0.2, 0.25) is 5.78 Å². The van der Waals surface area contributed by atoms with Crippen LogP contribution in [0.1, 0.15) is 18.4 Å². The monoisotopic (exact) mass is 275 g/mol. The lowest BCUT2D eigenvalue weighted by Gasteiger charge is -2.28. The molecule has 0 radical (unpaired) electrons. The molecule has 1 aromatic rings. The SMILES string of the molecule is O=C(C#Cc1ccc(F)cc1)C1CCCN(C(=O)O)C1. The normalized spacial score (nSPS) is 18.1. The summed E-state index contributed by atoms with van der Waals surface area (Å²) < 4.78 is 12.7. The number of nitrogens with zero attached hydrogens (tertiary/aromatic N) is 1. The van der Waals surface area contributed by atoms with Crippen molar-refractivity contribution in [1.29, 1.82) is 0 Å². The standard InChI is InChI=1S/C15H14FNO3/c16-13-6-3-11(4-7-13)5-8-14(18)12-2-1-9-17(10-12)15(19)20/h3-4,6-7,12H,1-2,9-10H2,(H,19,20). The summed E-state index contributed by atoms with van der Waals surface area (Å²) >= 11 is 0. The van der Waals surface area contributed by atoms with Crippen molar-refractivity contribution < 1.29 is 19.1 Å². The van der Waals surface area contributed by atoms with E-state index >= 15 is 0 Å². The molecule has 5 heteroatoms. The summed E-state index contributed by atoms with van der Waals surface area (Å²) in [6.07, 6.45) is 0.316. The van der Waals surface area contributed by atoms with E-state index < -0.39 is 6.09 Å². The van der Waals surface area contributed by atoms with Crippen LogP contribution in [-0.2, 0) is 4.79 Å². The van der Waals surface area contributed by atoms with Gasteiger partial charge in [0.15, 0.2) is 0 Å². The third-order valence-corrected chi connectivity index (χ3v) is 3.24. The van der Waals surface area contributed by atoms with Gasteiger partial charge in [0.1, 0.15) is 5.82 Å². The number of hydrogen-bond acceptors (Lipinski definition) is 2. The maximum Gasteiger partial charge on any atom is 0.407 e. The van der Waals surface area contributed by atoms with E-state index in [1.807, 2.05) is 0 Å². The summed E-state index contributed by atoms with van der Waals surface area (Å²) in [6, 6.07) is 5.56. The van der Waals surface area contributed by atoms with Gasteiger partial charge in [-0.3, -0.25) is 4.79 Å². The quantitative estimate of drug-likeness (QED) is 0.799. The Morgan fingerprint density at radius 3 is 2.65 bits per heavy atom. The molecule has 20 heavy (non-hydrogen) atoms. The third kappa shape index (κ3) is 3.58. The van der Waals surface area contributed by atoms with Crippen LogP contribution in [0.3, 0.4) is 0 Å². The average Bonchev–Trinajstić information content (AvgIpc) is 2.46. The number of carboxylic acid groups (broad SMARTS) is 1. The van der Waals surface area contributed by atoms with Crippen molar-refractivity contribution in [3.05, 3.63) is 35.6 Å². The zero-order chi connectivity index (χ0) is 14.5. The van der Waals surface area contributed by atoms with Crippen LogP contribution >= 0.6 is 0 Å². The number of carbonyl (C=O) groups excluding carboxylic acids is 1. The van der Waals surface area contributed by atoms with E-state index in [1.54, 1.807) is 0 Å². The Morgan fingerprint density at radius 2 is 2.00 bits per heavy atom. The number of hydrogen-bond donors (Lipinski definition) is 1. The summed E-state index contributed by atoms with van der Waals surface area (Å²) in [5, 5.41) is 8.91. The van der Waals surface area contributed by atoms with Gasteiger partial charge >= 0.3 is 6.09 Å². The van der Waals surface area contributed by atoms with Crippen LogP contribution in [-0.4, -0.2) is 35.0 Å². The molecule has 0 bridgehead atoms. The molecule has 1 aliphatic heterocycles. The van der Waals surface area contributed by atoms with Gasteiger partial charge in [0.05, 0.1) is 0 Å². The fourth-order valence-corrected chi connectivity index (χ4v) is 2.13. The smallest absolute Gasteiger partial charge is 0.407 e. The maximum atomic E-state index is 12.7. The zero-order valence-electron chi connectivity index (χ0n) is 10.8. The van der Waals surface area contributed by atoms with Crippen LogP contribution in [0.5, 0.6) is 0 Å². The van der Waals surface area contributed by atoms with Crippen LogP contribution in [0.25, 0.3) is 0 Å². The molecular weight excluding hydrogens is 261 g/mol. The van der Waals surface area contributed by atoms with E-state index in [9.17, 15) is 14.0 Å². The minimum Gasteiger partial charge on any atom is -0.465 e. The fourth-order valence-electron chi connectivity index (χ4n) is 2.13. The second-order valence-corrected chi connectivity index (χ2v) is 4.69. The number of Topliss-reactive ketones (excluding diaryl/α,β-unsaturated/α-hetero) is 1. The Morgan fingerprint density at radius 1 is 1.30 bits per heavy atom. The van der Waals surface area contributed by atoms with E-state index in [0.717, 1.165) is 0 Å². The van der Waals surface area contributed by atoms with Crippen LogP contribution in [0.15, 0.2) is 24.3 Å². The molecule has 1 aliphatic rings. The highest BCUT2D eigenvalue weighted by atomic mass is 19.1. The lowest BCUT2D eigenvalue weighted by molar-refractivity contribution is -0.118. The number of ketones is 1. The van der Waals surface area contributed by atoms with Gasteiger partial charge < -0.3 is 10.0 Å². The maximum absolute atomic E-state index is 12.7. The lowest BCUT2D eigenvalue weighted by Crippen LogP contribution is -2.41. The summed E-state index contributed by atoms with van der Waals surface area (Å²) in [7, 11) is 0. The van der Waals surface area contributed by atoms with Crippen molar-refractivity contribution in [2.24, 2.45) is 5.92 Å². The number of carbonyl (C=O) groups is 2. The lowest BCUT2D eigenvalue weighted by atomic mass is 9.94. The van der Waals surface area contributed by atoms with E-state index in [0.29, 0.717) is 24.9 Å². The highest BCUT2D eigenvalue weighted by molar-refractivity contribution is 5.98. The average molecular weight is 275 g/mol. The Labute approximate surface area is 116 Å². The van der Waals surface area contributed by atoms with Crippen molar-refractivity contribution >= 4 is 11.9 Å². The first kappa shape index (κ1) is 14.1. The van der Waals surface area contributed by atoms with Gasteiger partial charge in [0, 0.05) is 24.6 Å². The van der Waals surface area contributed by atoms with Gasteiger partial charge in [-0.15, -0.1) is 0 Å². The van der Waals surface area contributed by atoms with Crippen molar-refractivity contribution in [3.63, 3.8) is 0 Å². The Balaban J connectivity index is 2.01. The summed E-state index contributed by atoms with van der Waals surface area (Å²) in [4.78, 5) is 24.1. The molecule has 1 amide bonds. The van der Waals surface area contributed by atoms with E-state index in [4.69, 9.17) is 5.11 Å². The molecule has 0 aliphatic carbocycles. The predicted molar refractivity (Wildman–Crippen MR) is 70.6 cm³/mol. The summed E-state index contributed by atoms with van der Waals surface area (Å²) in [5.74, 6) is 4.21. The molecule has 1 atom stereocenters. The van der Waals surface area contributed by atoms with Gasteiger partial charge in [-0.25, -0.2) is 9.18 Å². The molecule has 0 spiro atoms.